The maximum atomic E-state index is 11.6. The first-order valence-electron chi connectivity index (χ1n) is 12.1. The highest BCUT2D eigenvalue weighted by molar-refractivity contribution is 5.92. The fourth-order valence-corrected chi connectivity index (χ4v) is 2.71. The van der Waals surface area contributed by atoms with Gasteiger partial charge in [-0.15, -0.1) is 0 Å². The lowest BCUT2D eigenvalue weighted by molar-refractivity contribution is -0.515. The van der Waals surface area contributed by atoms with Crippen LogP contribution < -0.4 is 0 Å². The number of carbonyl (C=O) groups is 3. The van der Waals surface area contributed by atoms with Crippen molar-refractivity contribution in [2.75, 3.05) is 0 Å². The van der Waals surface area contributed by atoms with Crippen molar-refractivity contribution in [2.24, 2.45) is 5.92 Å². The number of carbonyl (C=O) groups excluding carboxylic acids is 3. The first kappa shape index (κ1) is 30.8. The van der Waals surface area contributed by atoms with Crippen LogP contribution in [0, 0.1) is 19.8 Å². The molecule has 2 aromatic carbocycles. The average Bonchev–Trinajstić information content (AvgIpc) is 2.83. The summed E-state index contributed by atoms with van der Waals surface area (Å²) in [5, 5.41) is 4.47. The molecule has 0 amide bonds. The summed E-state index contributed by atoms with van der Waals surface area (Å²) in [5.41, 5.74) is 2.22. The summed E-state index contributed by atoms with van der Waals surface area (Å²) in [6.07, 6.45) is 3.69. The van der Waals surface area contributed by atoms with Crippen molar-refractivity contribution in [1.29, 1.82) is 0 Å². The molecule has 0 bridgehead atoms. The van der Waals surface area contributed by atoms with Crippen molar-refractivity contribution in [3.8, 4) is 0 Å². The molecule has 0 heterocycles. The van der Waals surface area contributed by atoms with E-state index in [9.17, 15) is 14.4 Å². The van der Waals surface area contributed by atoms with Gasteiger partial charge < -0.3 is 0 Å². The summed E-state index contributed by atoms with van der Waals surface area (Å²) in [7, 11) is 0. The maximum absolute atomic E-state index is 11.6. The standard InChI is InChI=1S/C16H14O4.C12H24O4/c1-11-3-7-13(8-4-11)15(17)19-20-16(18)14-9-5-12(2)6-10-14;1-6-8-9-10(7-2)11(13)14-16-15-12(3,4)5/h3-10H,1-2H3;10H,6-9H2,1-5H3. The lowest BCUT2D eigenvalue weighted by atomic mass is 10.00. The number of rotatable bonds is 9. The zero-order valence-corrected chi connectivity index (χ0v) is 22.3. The van der Waals surface area contributed by atoms with Crippen molar-refractivity contribution < 1.29 is 39.0 Å². The number of hydrogen-bond acceptors (Lipinski definition) is 8. The van der Waals surface area contributed by atoms with E-state index >= 15 is 0 Å². The molecule has 0 fully saturated rings. The Labute approximate surface area is 213 Å². The van der Waals surface area contributed by atoms with Gasteiger partial charge in [-0.25, -0.2) is 24.2 Å². The lowest BCUT2D eigenvalue weighted by Crippen LogP contribution is -2.23. The average molecular weight is 503 g/mol. The van der Waals surface area contributed by atoms with E-state index in [1.165, 1.54) is 0 Å². The van der Waals surface area contributed by atoms with Crippen LogP contribution >= 0.6 is 0 Å². The van der Waals surface area contributed by atoms with E-state index in [4.69, 9.17) is 4.89 Å². The van der Waals surface area contributed by atoms with Gasteiger partial charge in [0, 0.05) is 0 Å². The minimum atomic E-state index is -0.703. The highest BCUT2D eigenvalue weighted by Gasteiger charge is 2.20. The van der Waals surface area contributed by atoms with Crippen molar-refractivity contribution >= 4 is 17.9 Å². The van der Waals surface area contributed by atoms with Gasteiger partial charge >= 0.3 is 17.9 Å². The molecule has 0 aliphatic heterocycles. The Morgan fingerprint density at radius 2 is 1.19 bits per heavy atom. The SMILES string of the molecule is CCCCC(CC)C(=O)OOOC(C)(C)C.Cc1ccc(C(=O)OOC(=O)c2ccc(C)cc2)cc1. The second-order valence-electron chi connectivity index (χ2n) is 9.39. The molecule has 8 nitrogen and oxygen atoms in total. The van der Waals surface area contributed by atoms with Crippen molar-refractivity contribution in [1.82, 2.24) is 0 Å². The minimum Gasteiger partial charge on any atom is -0.269 e. The van der Waals surface area contributed by atoms with E-state index in [-0.39, 0.29) is 11.9 Å². The molecule has 0 N–H and O–H groups in total. The van der Waals surface area contributed by atoms with Crippen molar-refractivity contribution in [3.63, 3.8) is 0 Å². The third kappa shape index (κ3) is 12.5. The Balaban J connectivity index is 0.000000371. The van der Waals surface area contributed by atoms with Crippen LogP contribution in [0.3, 0.4) is 0 Å². The van der Waals surface area contributed by atoms with Gasteiger partial charge in [-0.3, -0.25) is 4.89 Å². The molecule has 0 saturated heterocycles. The van der Waals surface area contributed by atoms with Gasteiger partial charge in [-0.1, -0.05) is 62.1 Å². The first-order chi connectivity index (χ1) is 17.0. The molecule has 0 radical (unpaired) electrons. The zero-order chi connectivity index (χ0) is 27.1. The van der Waals surface area contributed by atoms with Crippen LogP contribution in [0.1, 0.15) is 92.1 Å². The molecule has 0 aromatic heterocycles. The zero-order valence-electron chi connectivity index (χ0n) is 22.3. The normalized spacial score (nSPS) is 11.5. The number of benzene rings is 2. The molecule has 1 atom stereocenters. The summed E-state index contributed by atoms with van der Waals surface area (Å²) in [5.74, 6) is -1.85. The third-order valence-corrected chi connectivity index (χ3v) is 4.90. The van der Waals surface area contributed by atoms with Crippen LogP contribution in [0.15, 0.2) is 48.5 Å². The summed E-state index contributed by atoms with van der Waals surface area (Å²) in [6.45, 7) is 13.3. The van der Waals surface area contributed by atoms with Gasteiger partial charge in [0.05, 0.1) is 22.6 Å². The van der Waals surface area contributed by atoms with Crippen molar-refractivity contribution in [3.05, 3.63) is 70.8 Å². The summed E-state index contributed by atoms with van der Waals surface area (Å²) in [6, 6.07) is 13.5. The van der Waals surface area contributed by atoms with Crippen LogP contribution in [0.4, 0.5) is 0 Å². The Kier molecular flexibility index (Phi) is 13.4. The molecular weight excluding hydrogens is 464 g/mol. The predicted octanol–water partition coefficient (Wildman–Crippen LogP) is 6.64. The van der Waals surface area contributed by atoms with Crippen molar-refractivity contribution in [2.45, 2.75) is 79.8 Å². The van der Waals surface area contributed by atoms with Gasteiger partial charge in [-0.05, 0) is 76.8 Å². The van der Waals surface area contributed by atoms with Gasteiger partial charge in [0.1, 0.15) is 0 Å². The maximum Gasteiger partial charge on any atom is 0.386 e. The van der Waals surface area contributed by atoms with E-state index in [1.807, 2.05) is 41.5 Å². The fraction of sp³-hybridized carbons (Fsp3) is 0.464. The second-order valence-corrected chi connectivity index (χ2v) is 9.39. The molecule has 36 heavy (non-hydrogen) atoms. The highest BCUT2D eigenvalue weighted by Crippen LogP contribution is 2.15. The molecular formula is C28H38O8. The smallest absolute Gasteiger partial charge is 0.269 e. The van der Waals surface area contributed by atoms with E-state index in [1.54, 1.807) is 48.5 Å². The van der Waals surface area contributed by atoms with Crippen LogP contribution in [-0.2, 0) is 29.4 Å². The van der Waals surface area contributed by atoms with Gasteiger partial charge in [0.2, 0.25) is 0 Å². The van der Waals surface area contributed by atoms with E-state index in [0.29, 0.717) is 11.1 Å². The van der Waals surface area contributed by atoms with Gasteiger partial charge in [0.15, 0.2) is 0 Å². The van der Waals surface area contributed by atoms with Crippen LogP contribution in [-0.4, -0.2) is 23.5 Å². The van der Waals surface area contributed by atoms with Crippen LogP contribution in [0.5, 0.6) is 0 Å². The number of unbranched alkanes of at least 4 members (excludes halogenated alkanes) is 1. The van der Waals surface area contributed by atoms with E-state index in [2.05, 4.69) is 26.6 Å². The summed E-state index contributed by atoms with van der Waals surface area (Å²) in [4.78, 5) is 53.3. The molecule has 198 valence electrons. The summed E-state index contributed by atoms with van der Waals surface area (Å²) < 4.78 is 0. The third-order valence-electron chi connectivity index (χ3n) is 4.90. The summed E-state index contributed by atoms with van der Waals surface area (Å²) >= 11 is 0. The second kappa shape index (κ2) is 15.7. The molecule has 2 aromatic rings. The lowest BCUT2D eigenvalue weighted by Gasteiger charge is -2.17. The molecule has 0 aliphatic carbocycles. The molecule has 2 rings (SSSR count). The minimum absolute atomic E-state index is 0.0940. The first-order valence-corrected chi connectivity index (χ1v) is 12.1. The molecule has 0 aliphatic rings. The molecule has 1 unspecified atom stereocenters. The van der Waals surface area contributed by atoms with E-state index < -0.39 is 17.5 Å². The number of hydrogen-bond donors (Lipinski definition) is 0. The molecule has 8 heteroatoms. The monoisotopic (exact) mass is 502 g/mol. The van der Waals surface area contributed by atoms with Crippen LogP contribution in [0.25, 0.3) is 0 Å². The number of aryl methyl sites for hydroxylation is 2. The van der Waals surface area contributed by atoms with E-state index in [0.717, 1.165) is 36.8 Å². The highest BCUT2D eigenvalue weighted by atomic mass is 17.5. The van der Waals surface area contributed by atoms with Crippen LogP contribution in [0.2, 0.25) is 0 Å². The largest absolute Gasteiger partial charge is 0.386 e. The van der Waals surface area contributed by atoms with Gasteiger partial charge in [-0.2, -0.15) is 4.89 Å². The molecule has 0 saturated carbocycles. The Morgan fingerprint density at radius 3 is 1.56 bits per heavy atom. The Morgan fingerprint density at radius 1 is 0.750 bits per heavy atom. The Hall–Kier alpha value is -3.23. The quantitative estimate of drug-likeness (QED) is 0.278. The van der Waals surface area contributed by atoms with Gasteiger partial charge in [0.25, 0.3) is 0 Å². The fourth-order valence-electron chi connectivity index (χ4n) is 2.71. The topological polar surface area (TPSA) is 97.4 Å². The Bertz CT molecular complexity index is 886. The predicted molar refractivity (Wildman–Crippen MR) is 135 cm³/mol. The molecule has 0 spiro atoms.